The molecule has 0 aromatic heterocycles. The SMILES string of the molecule is C=C/C=C\[C@H](C)[C@H](OC(N)=O)[C@@H](C)[C@H](O)[C@@H](C)C/C(C)=C\[C@H](C)[C@@H](O)[C@@H](C)/C=C\[C@@H](O)C[C@@H]1OC(=O)CC[C@@H]1C. The number of amides is 1. The first-order valence-corrected chi connectivity index (χ1v) is 14.5. The van der Waals surface area contributed by atoms with Crippen LogP contribution in [-0.2, 0) is 14.3 Å². The molecular weight excluding hydrogens is 510 g/mol. The second kappa shape index (κ2) is 17.4. The van der Waals surface area contributed by atoms with Gasteiger partial charge in [-0.05, 0) is 31.6 Å². The van der Waals surface area contributed by atoms with E-state index < -0.39 is 30.5 Å². The lowest BCUT2D eigenvalue weighted by atomic mass is 9.81. The minimum absolute atomic E-state index is 0.131. The van der Waals surface area contributed by atoms with Crippen molar-refractivity contribution < 1.29 is 34.4 Å². The van der Waals surface area contributed by atoms with Gasteiger partial charge in [0, 0.05) is 36.5 Å². The summed E-state index contributed by atoms with van der Waals surface area (Å²) in [7, 11) is 0. The van der Waals surface area contributed by atoms with Crippen LogP contribution in [0, 0.1) is 35.5 Å². The average molecular weight is 564 g/mol. The zero-order valence-electron chi connectivity index (χ0n) is 25.4. The number of hydrogen-bond acceptors (Lipinski definition) is 7. The van der Waals surface area contributed by atoms with Gasteiger partial charge in [0.05, 0.1) is 18.3 Å². The molecule has 0 bridgehead atoms. The van der Waals surface area contributed by atoms with Gasteiger partial charge in [-0.3, -0.25) is 4.79 Å². The molecule has 0 unspecified atom stereocenters. The average Bonchev–Trinajstić information content (AvgIpc) is 2.89. The van der Waals surface area contributed by atoms with E-state index in [9.17, 15) is 24.9 Å². The number of primary amides is 1. The summed E-state index contributed by atoms with van der Waals surface area (Å²) in [6.45, 7) is 17.2. The Bertz CT molecular complexity index is 898. The van der Waals surface area contributed by atoms with Crippen LogP contribution in [0.5, 0.6) is 0 Å². The Morgan fingerprint density at radius 2 is 1.73 bits per heavy atom. The fourth-order valence-corrected chi connectivity index (χ4v) is 5.52. The molecule has 1 fully saturated rings. The molecule has 1 heterocycles. The molecule has 1 saturated heterocycles. The fraction of sp³-hybridized carbons (Fsp3) is 0.688. The van der Waals surface area contributed by atoms with Crippen molar-refractivity contribution in [3.8, 4) is 0 Å². The van der Waals surface area contributed by atoms with Crippen molar-refractivity contribution in [2.75, 3.05) is 0 Å². The molecule has 8 nitrogen and oxygen atoms in total. The molecule has 0 aromatic rings. The van der Waals surface area contributed by atoms with Gasteiger partial charge in [-0.1, -0.05) is 90.2 Å². The summed E-state index contributed by atoms with van der Waals surface area (Å²) >= 11 is 0. The highest BCUT2D eigenvalue weighted by atomic mass is 16.6. The van der Waals surface area contributed by atoms with Crippen LogP contribution in [0.3, 0.4) is 0 Å². The first kappa shape index (κ1) is 35.6. The lowest BCUT2D eigenvalue weighted by Crippen LogP contribution is -2.41. The smallest absolute Gasteiger partial charge is 0.404 e. The summed E-state index contributed by atoms with van der Waals surface area (Å²) in [6, 6.07) is 0. The number of allylic oxidation sites excluding steroid dienone is 3. The van der Waals surface area contributed by atoms with E-state index in [0.717, 1.165) is 12.0 Å². The molecule has 40 heavy (non-hydrogen) atoms. The van der Waals surface area contributed by atoms with Gasteiger partial charge in [0.1, 0.15) is 12.2 Å². The van der Waals surface area contributed by atoms with Crippen LogP contribution < -0.4 is 5.73 Å². The van der Waals surface area contributed by atoms with Crippen LogP contribution in [0.2, 0.25) is 0 Å². The van der Waals surface area contributed by atoms with Crippen molar-refractivity contribution in [1.82, 2.24) is 0 Å². The maximum atomic E-state index is 11.6. The van der Waals surface area contributed by atoms with Crippen LogP contribution in [-0.4, -0.2) is 57.9 Å². The molecule has 0 aliphatic carbocycles. The highest BCUT2D eigenvalue weighted by Gasteiger charge is 2.33. The topological polar surface area (TPSA) is 139 Å². The van der Waals surface area contributed by atoms with Crippen molar-refractivity contribution in [3.63, 3.8) is 0 Å². The molecule has 0 radical (unpaired) electrons. The summed E-state index contributed by atoms with van der Waals surface area (Å²) < 4.78 is 10.7. The number of carbonyl (C=O) groups excluding carboxylic acids is 2. The Balaban J connectivity index is 2.73. The van der Waals surface area contributed by atoms with Gasteiger partial charge in [0.15, 0.2) is 0 Å². The summed E-state index contributed by atoms with van der Waals surface area (Å²) in [5.74, 6) is -1.03. The van der Waals surface area contributed by atoms with Crippen molar-refractivity contribution >= 4 is 12.1 Å². The Morgan fingerprint density at radius 3 is 2.33 bits per heavy atom. The molecule has 0 aromatic carbocycles. The van der Waals surface area contributed by atoms with Crippen LogP contribution in [0.1, 0.15) is 74.1 Å². The lowest BCUT2D eigenvalue weighted by molar-refractivity contribution is -0.159. The number of cyclic esters (lactones) is 1. The summed E-state index contributed by atoms with van der Waals surface area (Å²) in [6.07, 6.45) is 8.94. The number of ether oxygens (including phenoxy) is 2. The molecule has 11 atom stereocenters. The van der Waals surface area contributed by atoms with Gasteiger partial charge < -0.3 is 30.5 Å². The van der Waals surface area contributed by atoms with E-state index >= 15 is 0 Å². The molecule has 5 N–H and O–H groups in total. The molecule has 8 heteroatoms. The first-order chi connectivity index (χ1) is 18.7. The van der Waals surface area contributed by atoms with Gasteiger partial charge in [-0.15, -0.1) is 0 Å². The third-order valence-electron chi connectivity index (χ3n) is 8.06. The third-order valence-corrected chi connectivity index (χ3v) is 8.06. The monoisotopic (exact) mass is 563 g/mol. The lowest BCUT2D eigenvalue weighted by Gasteiger charge is -2.33. The second-order valence-corrected chi connectivity index (χ2v) is 11.9. The van der Waals surface area contributed by atoms with Gasteiger partial charge in [0.25, 0.3) is 0 Å². The van der Waals surface area contributed by atoms with Crippen molar-refractivity contribution in [1.29, 1.82) is 0 Å². The highest BCUT2D eigenvalue weighted by Crippen LogP contribution is 2.29. The van der Waals surface area contributed by atoms with E-state index in [1.807, 2.05) is 60.6 Å². The van der Waals surface area contributed by atoms with E-state index in [2.05, 4.69) is 6.58 Å². The van der Waals surface area contributed by atoms with Crippen LogP contribution in [0.15, 0.2) is 48.6 Å². The maximum absolute atomic E-state index is 11.6. The standard InChI is InChI=1S/C32H53NO7/c1-9-10-11-22(5)31(40-32(33)38)25(8)30(37)24(7)17-19(2)16-23(6)29(36)21(4)12-14-26(34)18-27-20(3)13-15-28(35)39-27/h9-12,14,16,20-27,29-31,34,36-37H,1,13,15,17-18H2,2-8H3,(H2,33,38)/b11-10-,14-12-,19-16-/t20-,21-,22-,23-,24-,25-,26+,27-,29-,30+,31-/m0/s1. The van der Waals surface area contributed by atoms with E-state index in [1.54, 1.807) is 24.3 Å². The molecule has 1 rings (SSSR count). The Labute approximate surface area is 241 Å². The molecule has 1 aliphatic rings. The maximum Gasteiger partial charge on any atom is 0.404 e. The van der Waals surface area contributed by atoms with E-state index in [4.69, 9.17) is 15.2 Å². The number of carbonyl (C=O) groups is 2. The number of nitrogens with two attached hydrogens (primary N) is 1. The number of hydrogen-bond donors (Lipinski definition) is 4. The van der Waals surface area contributed by atoms with Crippen LogP contribution in [0.4, 0.5) is 4.79 Å². The number of aliphatic hydroxyl groups is 3. The van der Waals surface area contributed by atoms with Crippen LogP contribution >= 0.6 is 0 Å². The third kappa shape index (κ3) is 12.0. The quantitative estimate of drug-likeness (QED) is 0.117. The molecule has 0 saturated carbocycles. The zero-order chi connectivity index (χ0) is 30.6. The van der Waals surface area contributed by atoms with E-state index in [1.165, 1.54) is 0 Å². The van der Waals surface area contributed by atoms with Gasteiger partial charge in [-0.2, -0.15) is 0 Å². The van der Waals surface area contributed by atoms with Crippen molar-refractivity contribution in [2.45, 2.75) is 105 Å². The van der Waals surface area contributed by atoms with Crippen LogP contribution in [0.25, 0.3) is 0 Å². The second-order valence-electron chi connectivity index (χ2n) is 11.9. The minimum Gasteiger partial charge on any atom is -0.462 e. The molecular formula is C32H53NO7. The highest BCUT2D eigenvalue weighted by molar-refractivity contribution is 5.70. The van der Waals surface area contributed by atoms with Crippen molar-refractivity contribution in [3.05, 3.63) is 48.6 Å². The van der Waals surface area contributed by atoms with Gasteiger partial charge >= 0.3 is 12.1 Å². The Morgan fingerprint density at radius 1 is 1.07 bits per heavy atom. The predicted molar refractivity (Wildman–Crippen MR) is 158 cm³/mol. The number of esters is 1. The van der Waals surface area contributed by atoms with Gasteiger partial charge in [0.2, 0.25) is 0 Å². The molecule has 0 spiro atoms. The zero-order valence-corrected chi connectivity index (χ0v) is 25.4. The van der Waals surface area contributed by atoms with Gasteiger partial charge in [-0.25, -0.2) is 4.79 Å². The summed E-state index contributed by atoms with van der Waals surface area (Å²) in [5, 5.41) is 32.4. The number of rotatable bonds is 16. The summed E-state index contributed by atoms with van der Waals surface area (Å²) in [5.41, 5.74) is 6.33. The normalized spacial score (nSPS) is 25.4. The Kier molecular flexibility index (Phi) is 15.5. The van der Waals surface area contributed by atoms with E-state index in [-0.39, 0.29) is 47.6 Å². The molecule has 1 aliphatic heterocycles. The van der Waals surface area contributed by atoms with Crippen molar-refractivity contribution in [2.24, 2.45) is 41.2 Å². The number of aliphatic hydroxyl groups excluding tert-OH is 3. The molecule has 228 valence electrons. The molecule has 1 amide bonds. The predicted octanol–water partition coefficient (Wildman–Crippen LogP) is 5.08. The van der Waals surface area contributed by atoms with E-state index in [0.29, 0.717) is 19.3 Å². The Hall–Kier alpha value is -2.42. The summed E-state index contributed by atoms with van der Waals surface area (Å²) in [4.78, 5) is 23.1. The fourth-order valence-electron chi connectivity index (χ4n) is 5.52. The largest absolute Gasteiger partial charge is 0.462 e. The first-order valence-electron chi connectivity index (χ1n) is 14.5. The minimum atomic E-state index is -0.878.